The van der Waals surface area contributed by atoms with Gasteiger partial charge in [0.2, 0.25) is 11.3 Å². The number of aromatic amines is 2. The second-order valence-corrected chi connectivity index (χ2v) is 10.2. The van der Waals surface area contributed by atoms with Crippen molar-refractivity contribution in [2.75, 3.05) is 5.32 Å². The fourth-order valence-corrected chi connectivity index (χ4v) is 5.19. The number of nitrogens with one attached hydrogen (secondary N) is 5. The normalized spacial score (nSPS) is 15.6. The van der Waals surface area contributed by atoms with Crippen LogP contribution < -0.4 is 21.4 Å². The third kappa shape index (κ3) is 5.40. The fraction of sp³-hybridized carbons (Fsp3) is 0.318. The van der Waals surface area contributed by atoms with E-state index in [1.807, 2.05) is 0 Å². The summed E-state index contributed by atoms with van der Waals surface area (Å²) in [4.78, 5) is 59.8. The van der Waals surface area contributed by atoms with Gasteiger partial charge in [0.25, 0.3) is 11.8 Å². The van der Waals surface area contributed by atoms with Crippen molar-refractivity contribution in [2.45, 2.75) is 45.2 Å². The zero-order valence-electron chi connectivity index (χ0n) is 19.1. The standard InChI is InChI=1S/C22H22Cl2N6O5S/c1-8-16(23)17(24)18(26-8)21(35)28-10-3-4-11-15(5-10)36-22(29-11)30-19(33)9(2)27-20(34)12-6-13(31)14(32)7-25-12/h6-7,9-10,26,32H,3-5H2,1-2H3,(H,25,31)(H,27,34)(H,28,35)(H,29,30,33)/t9-,10-/m0/s1. The number of fused-ring (bicyclic) bond motifs is 1. The van der Waals surface area contributed by atoms with E-state index in [-0.39, 0.29) is 28.4 Å². The first-order valence-electron chi connectivity index (χ1n) is 10.9. The van der Waals surface area contributed by atoms with Crippen LogP contribution in [0.4, 0.5) is 5.13 Å². The van der Waals surface area contributed by atoms with Gasteiger partial charge in [-0.25, -0.2) is 4.98 Å². The minimum Gasteiger partial charge on any atom is -0.503 e. The zero-order valence-corrected chi connectivity index (χ0v) is 21.5. The Kier molecular flexibility index (Phi) is 7.38. The molecule has 0 saturated carbocycles. The van der Waals surface area contributed by atoms with Gasteiger partial charge < -0.3 is 31.0 Å². The highest BCUT2D eigenvalue weighted by Crippen LogP contribution is 2.31. The first kappa shape index (κ1) is 25.7. The van der Waals surface area contributed by atoms with E-state index in [0.29, 0.717) is 35.1 Å². The Morgan fingerprint density at radius 1 is 1.25 bits per heavy atom. The number of rotatable bonds is 6. The van der Waals surface area contributed by atoms with Crippen molar-refractivity contribution in [3.63, 3.8) is 0 Å². The first-order chi connectivity index (χ1) is 17.0. The van der Waals surface area contributed by atoms with Crippen LogP contribution in [0.3, 0.4) is 0 Å². The molecule has 3 heterocycles. The third-order valence-corrected chi connectivity index (χ3v) is 7.65. The fourth-order valence-electron chi connectivity index (χ4n) is 3.69. The number of pyridine rings is 1. The highest BCUT2D eigenvalue weighted by atomic mass is 35.5. The van der Waals surface area contributed by atoms with Crippen LogP contribution in [-0.2, 0) is 17.6 Å². The predicted molar refractivity (Wildman–Crippen MR) is 135 cm³/mol. The minimum absolute atomic E-state index is 0.0895. The molecule has 0 unspecified atom stereocenters. The molecule has 0 fully saturated rings. The number of halogens is 2. The molecule has 36 heavy (non-hydrogen) atoms. The molecule has 4 rings (SSSR count). The number of hydrogen-bond acceptors (Lipinski definition) is 7. The smallest absolute Gasteiger partial charge is 0.269 e. The Morgan fingerprint density at radius 3 is 2.67 bits per heavy atom. The van der Waals surface area contributed by atoms with Gasteiger partial charge in [-0.2, -0.15) is 0 Å². The summed E-state index contributed by atoms with van der Waals surface area (Å²) in [6, 6.07) is -0.125. The van der Waals surface area contributed by atoms with Crippen molar-refractivity contribution < 1.29 is 19.5 Å². The number of nitrogens with zero attached hydrogens (tertiary/aromatic N) is 1. The molecule has 14 heteroatoms. The maximum atomic E-state index is 12.6. The van der Waals surface area contributed by atoms with Crippen LogP contribution in [0.15, 0.2) is 17.1 Å². The van der Waals surface area contributed by atoms with E-state index in [0.717, 1.165) is 22.8 Å². The maximum Gasteiger partial charge on any atom is 0.269 e. The molecule has 0 radical (unpaired) electrons. The van der Waals surface area contributed by atoms with E-state index < -0.39 is 29.0 Å². The molecule has 3 aromatic rings. The molecule has 0 saturated heterocycles. The van der Waals surface area contributed by atoms with Gasteiger partial charge in [-0.05, 0) is 26.7 Å². The largest absolute Gasteiger partial charge is 0.503 e. The molecular formula is C22H22Cl2N6O5S. The van der Waals surface area contributed by atoms with Crippen molar-refractivity contribution in [1.82, 2.24) is 25.6 Å². The Bertz CT molecular complexity index is 1410. The Hall–Kier alpha value is -3.35. The Morgan fingerprint density at radius 2 is 2.00 bits per heavy atom. The SMILES string of the molecule is Cc1[nH]c(C(=O)N[C@H]2CCc3nc(NC(=O)[C@H](C)NC(=O)c4cc(=O)c(O)c[nH]4)sc3C2)c(Cl)c1Cl. The van der Waals surface area contributed by atoms with Crippen molar-refractivity contribution in [3.05, 3.63) is 60.2 Å². The van der Waals surface area contributed by atoms with Crippen LogP contribution in [0, 0.1) is 6.92 Å². The average Bonchev–Trinajstić information content (AvgIpc) is 3.35. The second kappa shape index (κ2) is 10.3. The first-order valence-corrected chi connectivity index (χ1v) is 12.5. The number of carbonyl (C=O) groups is 3. The van der Waals surface area contributed by atoms with Gasteiger partial charge in [0.05, 0.1) is 15.7 Å². The summed E-state index contributed by atoms with van der Waals surface area (Å²) in [5, 5.41) is 18.3. The lowest BCUT2D eigenvalue weighted by molar-refractivity contribution is -0.117. The highest BCUT2D eigenvalue weighted by molar-refractivity contribution is 7.15. The molecule has 0 bridgehead atoms. The van der Waals surface area contributed by atoms with Crippen LogP contribution >= 0.6 is 34.5 Å². The molecule has 3 amide bonds. The summed E-state index contributed by atoms with van der Waals surface area (Å²) in [7, 11) is 0. The van der Waals surface area contributed by atoms with Gasteiger partial charge in [-0.1, -0.05) is 23.2 Å². The number of amides is 3. The number of aryl methyl sites for hydroxylation is 2. The molecule has 1 aliphatic rings. The van der Waals surface area contributed by atoms with Gasteiger partial charge >= 0.3 is 0 Å². The van der Waals surface area contributed by atoms with Gasteiger partial charge in [0.1, 0.15) is 17.4 Å². The maximum absolute atomic E-state index is 12.6. The molecule has 3 aromatic heterocycles. The Balaban J connectivity index is 1.34. The lowest BCUT2D eigenvalue weighted by Gasteiger charge is -2.22. The van der Waals surface area contributed by atoms with Crippen molar-refractivity contribution in [1.29, 1.82) is 0 Å². The molecule has 0 aliphatic heterocycles. The number of aromatic hydroxyl groups is 1. The third-order valence-electron chi connectivity index (χ3n) is 5.66. The number of aromatic nitrogens is 3. The van der Waals surface area contributed by atoms with Crippen molar-refractivity contribution >= 4 is 57.4 Å². The molecule has 2 atom stereocenters. The summed E-state index contributed by atoms with van der Waals surface area (Å²) in [5.41, 5.74) is 0.870. The summed E-state index contributed by atoms with van der Waals surface area (Å²) in [6.45, 7) is 3.22. The molecule has 6 N–H and O–H groups in total. The van der Waals surface area contributed by atoms with Gasteiger partial charge in [-0.3, -0.25) is 19.2 Å². The number of hydrogen-bond donors (Lipinski definition) is 6. The van der Waals surface area contributed by atoms with Gasteiger partial charge in [0, 0.05) is 35.3 Å². The predicted octanol–water partition coefficient (Wildman–Crippen LogP) is 2.52. The van der Waals surface area contributed by atoms with Gasteiger partial charge in [-0.15, -0.1) is 11.3 Å². The monoisotopic (exact) mass is 552 g/mol. The van der Waals surface area contributed by atoms with Crippen LogP contribution in [0.25, 0.3) is 0 Å². The number of thiazole rings is 1. The second-order valence-electron chi connectivity index (χ2n) is 8.34. The summed E-state index contributed by atoms with van der Waals surface area (Å²) in [6.07, 6.45) is 2.82. The summed E-state index contributed by atoms with van der Waals surface area (Å²) in [5.74, 6) is -2.03. The van der Waals surface area contributed by atoms with Crippen molar-refractivity contribution in [2.24, 2.45) is 0 Å². The van der Waals surface area contributed by atoms with E-state index in [9.17, 15) is 24.3 Å². The number of H-pyrrole nitrogens is 2. The highest BCUT2D eigenvalue weighted by Gasteiger charge is 2.27. The average molecular weight is 553 g/mol. The van der Waals surface area contributed by atoms with E-state index in [4.69, 9.17) is 23.2 Å². The lowest BCUT2D eigenvalue weighted by Crippen LogP contribution is -2.42. The van der Waals surface area contributed by atoms with E-state index >= 15 is 0 Å². The Labute approximate surface area is 218 Å². The molecule has 1 aliphatic carbocycles. The van der Waals surface area contributed by atoms with Crippen molar-refractivity contribution in [3.8, 4) is 5.75 Å². The van der Waals surface area contributed by atoms with Crippen LogP contribution in [0.1, 0.15) is 50.6 Å². The molecule has 190 valence electrons. The van der Waals surface area contributed by atoms with Crippen LogP contribution in [-0.4, -0.2) is 49.9 Å². The van der Waals surface area contributed by atoms with Gasteiger partial charge in [0.15, 0.2) is 10.9 Å². The molecular weight excluding hydrogens is 531 g/mol. The van der Waals surface area contributed by atoms with E-state index in [1.165, 1.54) is 18.3 Å². The number of carbonyl (C=O) groups excluding carboxylic acids is 3. The topological polar surface area (TPSA) is 169 Å². The van der Waals surface area contributed by atoms with Crippen LogP contribution in [0.5, 0.6) is 5.75 Å². The van der Waals surface area contributed by atoms with Crippen LogP contribution in [0.2, 0.25) is 10.0 Å². The molecule has 11 nitrogen and oxygen atoms in total. The molecule has 0 spiro atoms. The lowest BCUT2D eigenvalue weighted by atomic mass is 9.97. The van der Waals surface area contributed by atoms with E-state index in [2.05, 4.69) is 30.9 Å². The van der Waals surface area contributed by atoms with E-state index in [1.54, 1.807) is 6.92 Å². The number of anilines is 1. The minimum atomic E-state index is -0.927. The molecule has 0 aromatic carbocycles. The quantitative estimate of drug-likeness (QED) is 0.274. The zero-order chi connectivity index (χ0) is 26.1. The summed E-state index contributed by atoms with van der Waals surface area (Å²) < 4.78 is 0. The summed E-state index contributed by atoms with van der Waals surface area (Å²) >= 11 is 13.5.